The van der Waals surface area contributed by atoms with E-state index in [1.54, 1.807) is 0 Å². The molecular weight excluding hydrogens is 560 g/mol. The highest BCUT2D eigenvalue weighted by Gasteiger charge is 2.53. The van der Waals surface area contributed by atoms with Crippen LogP contribution in [0, 0.1) is 5.92 Å². The van der Waals surface area contributed by atoms with Gasteiger partial charge in [-0.1, -0.05) is 69.7 Å². The highest BCUT2D eigenvalue weighted by Crippen LogP contribution is 2.36. The number of rotatable bonds is 11. The molecule has 5 rings (SSSR count). The molecule has 1 spiro atoms. The summed E-state index contributed by atoms with van der Waals surface area (Å²) < 4.78 is 6.07. The number of carbonyl (C=O) groups is 2. The second-order valence-corrected chi connectivity index (χ2v) is 13.0. The van der Waals surface area contributed by atoms with Crippen LogP contribution in [0.3, 0.4) is 0 Å². The van der Waals surface area contributed by atoms with Crippen LogP contribution in [-0.4, -0.2) is 71.8 Å². The number of piperazine rings is 1. The smallest absolute Gasteiger partial charge is 0.246 e. The zero-order valence-electron chi connectivity index (χ0n) is 26.4. The highest BCUT2D eigenvalue weighted by molar-refractivity contribution is 6.00. The Bertz CT molecular complexity index is 1170. The molecule has 2 amide bonds. The number of likely N-dealkylation sites (tertiary alicyclic amines) is 1. The number of unbranched alkanes of at least 4 members (excludes halogenated alkanes) is 1. The lowest BCUT2D eigenvalue weighted by molar-refractivity contribution is -0.162. The van der Waals surface area contributed by atoms with Gasteiger partial charge in [0.15, 0.2) is 0 Å². The molecule has 0 unspecified atom stereocenters. The Morgan fingerprint density at radius 2 is 1.51 bits per heavy atom. The van der Waals surface area contributed by atoms with Crippen molar-refractivity contribution >= 4 is 24.2 Å². The van der Waals surface area contributed by atoms with E-state index in [0.29, 0.717) is 25.3 Å². The number of amides is 2. The first kappa shape index (κ1) is 33.3. The van der Waals surface area contributed by atoms with E-state index >= 15 is 0 Å². The van der Waals surface area contributed by atoms with E-state index < -0.39 is 5.54 Å². The van der Waals surface area contributed by atoms with Gasteiger partial charge in [-0.25, -0.2) is 0 Å². The quantitative estimate of drug-likeness (QED) is 0.319. The lowest BCUT2D eigenvalue weighted by Gasteiger charge is -2.52. The Balaban J connectivity index is 0.00000423. The molecule has 2 aliphatic heterocycles. The molecule has 2 saturated heterocycles. The van der Waals surface area contributed by atoms with Crippen molar-refractivity contribution in [1.82, 2.24) is 20.0 Å². The van der Waals surface area contributed by atoms with Crippen molar-refractivity contribution in [2.24, 2.45) is 5.92 Å². The fourth-order valence-electron chi connectivity index (χ4n) is 7.10. The highest BCUT2D eigenvalue weighted by atomic mass is 35.5. The molecule has 236 valence electrons. The normalized spacial score (nSPS) is 21.1. The Morgan fingerprint density at radius 1 is 0.907 bits per heavy atom. The van der Waals surface area contributed by atoms with Gasteiger partial charge in [0.2, 0.25) is 11.8 Å². The number of hydrogen-bond donors (Lipinski definition) is 1. The van der Waals surface area contributed by atoms with Crippen molar-refractivity contribution in [3.05, 3.63) is 59.7 Å². The van der Waals surface area contributed by atoms with Gasteiger partial charge in [-0.15, -0.1) is 12.4 Å². The molecule has 2 heterocycles. The Morgan fingerprint density at radius 3 is 2.09 bits per heavy atom. The monoisotopic (exact) mass is 610 g/mol. The van der Waals surface area contributed by atoms with Crippen molar-refractivity contribution in [2.75, 3.05) is 33.7 Å². The zero-order valence-corrected chi connectivity index (χ0v) is 27.2. The van der Waals surface area contributed by atoms with E-state index in [-0.39, 0.29) is 30.3 Å². The molecule has 0 bridgehead atoms. The van der Waals surface area contributed by atoms with Crippen LogP contribution in [0.25, 0.3) is 0 Å². The molecule has 1 saturated carbocycles. The summed E-state index contributed by atoms with van der Waals surface area (Å²) in [5.74, 6) is 2.45. The number of nitrogens with one attached hydrogen (secondary N) is 1. The summed E-state index contributed by atoms with van der Waals surface area (Å²) in [7, 11) is 4.13. The average Bonchev–Trinajstić information content (AvgIpc) is 2.99. The van der Waals surface area contributed by atoms with Gasteiger partial charge in [-0.3, -0.25) is 14.5 Å². The Kier molecular flexibility index (Phi) is 11.9. The summed E-state index contributed by atoms with van der Waals surface area (Å²) in [5.41, 5.74) is 1.78. The summed E-state index contributed by atoms with van der Waals surface area (Å²) in [6.07, 6.45) is 10.3. The van der Waals surface area contributed by atoms with Crippen LogP contribution < -0.4 is 10.1 Å². The summed E-state index contributed by atoms with van der Waals surface area (Å²) >= 11 is 0. The van der Waals surface area contributed by atoms with Crippen LogP contribution in [-0.2, 0) is 22.7 Å². The van der Waals surface area contributed by atoms with Gasteiger partial charge >= 0.3 is 0 Å². The molecule has 0 radical (unpaired) electrons. The van der Waals surface area contributed by atoms with Crippen molar-refractivity contribution in [2.45, 2.75) is 95.8 Å². The maximum Gasteiger partial charge on any atom is 0.246 e. The van der Waals surface area contributed by atoms with E-state index in [1.807, 2.05) is 29.2 Å². The molecule has 2 aromatic rings. The van der Waals surface area contributed by atoms with Gasteiger partial charge in [0.1, 0.15) is 23.1 Å². The molecule has 1 N–H and O–H groups in total. The van der Waals surface area contributed by atoms with Crippen molar-refractivity contribution in [3.8, 4) is 11.5 Å². The molecule has 2 aromatic carbocycles. The summed E-state index contributed by atoms with van der Waals surface area (Å²) in [6.45, 7) is 6.17. The molecule has 8 heteroatoms. The number of nitrogens with zero attached hydrogens (tertiary/aromatic N) is 3. The molecule has 1 aliphatic carbocycles. The standard InChI is InChI=1S/C35H50N4O3.ClH/c1-4-5-21-39-33(40)32(24-27-9-7-6-8-10-27)36-34(41)35(39)19-22-38(23-20-35)26-29-13-17-31(18-14-29)42-30-15-11-28(12-16-30)25-37(2)3;/h11-18,27,32H,4-10,19-26H2,1-3H3,(H,36,41);1H/t32-;/m0./s1. The summed E-state index contributed by atoms with van der Waals surface area (Å²) in [6, 6.07) is 16.2. The predicted octanol–water partition coefficient (Wildman–Crippen LogP) is 6.39. The lowest BCUT2D eigenvalue weighted by Crippen LogP contribution is -2.73. The third kappa shape index (κ3) is 8.31. The van der Waals surface area contributed by atoms with Crippen LogP contribution in [0.1, 0.15) is 82.3 Å². The van der Waals surface area contributed by atoms with Crippen LogP contribution in [0.15, 0.2) is 48.5 Å². The number of halogens is 1. The first-order chi connectivity index (χ1) is 20.4. The fourth-order valence-corrected chi connectivity index (χ4v) is 7.10. The number of hydrogen-bond acceptors (Lipinski definition) is 5. The SMILES string of the molecule is CCCCN1C(=O)[C@H](CC2CCCCC2)NC(=O)C12CCN(Cc1ccc(Oc3ccc(CN(C)C)cc3)cc1)CC2.Cl. The lowest BCUT2D eigenvalue weighted by atomic mass is 9.79. The van der Waals surface area contributed by atoms with Gasteiger partial charge in [-0.2, -0.15) is 0 Å². The summed E-state index contributed by atoms with van der Waals surface area (Å²) in [5, 5.41) is 3.22. The average molecular weight is 611 g/mol. The van der Waals surface area contributed by atoms with Crippen LogP contribution in [0.4, 0.5) is 0 Å². The van der Waals surface area contributed by atoms with E-state index in [1.165, 1.54) is 43.2 Å². The van der Waals surface area contributed by atoms with Gasteiger partial charge < -0.3 is 19.9 Å². The van der Waals surface area contributed by atoms with Gasteiger partial charge in [0, 0.05) is 32.7 Å². The van der Waals surface area contributed by atoms with E-state index in [2.05, 4.69) is 60.4 Å². The number of carbonyl (C=O) groups excluding carboxylic acids is 2. The van der Waals surface area contributed by atoms with Crippen LogP contribution >= 0.6 is 12.4 Å². The Hall–Kier alpha value is -2.61. The third-order valence-electron chi connectivity index (χ3n) is 9.51. The van der Waals surface area contributed by atoms with Crippen LogP contribution in [0.5, 0.6) is 11.5 Å². The molecule has 43 heavy (non-hydrogen) atoms. The largest absolute Gasteiger partial charge is 0.457 e. The summed E-state index contributed by atoms with van der Waals surface area (Å²) in [4.78, 5) is 34.1. The maximum atomic E-state index is 13.8. The third-order valence-corrected chi connectivity index (χ3v) is 9.51. The molecular formula is C35H51ClN4O3. The van der Waals surface area contributed by atoms with Crippen molar-refractivity contribution < 1.29 is 14.3 Å². The van der Waals surface area contributed by atoms with Crippen molar-refractivity contribution in [3.63, 3.8) is 0 Å². The minimum absolute atomic E-state index is 0. The second kappa shape index (κ2) is 15.4. The fraction of sp³-hybridized carbons (Fsp3) is 0.600. The molecule has 3 aliphatic rings. The minimum Gasteiger partial charge on any atom is -0.457 e. The number of benzene rings is 2. The Labute approximate surface area is 264 Å². The molecule has 3 fully saturated rings. The molecule has 1 atom stereocenters. The van der Waals surface area contributed by atoms with Gasteiger partial charge in [-0.05, 0) is 81.1 Å². The second-order valence-electron chi connectivity index (χ2n) is 13.0. The number of piperidine rings is 1. The van der Waals surface area contributed by atoms with Crippen molar-refractivity contribution in [1.29, 1.82) is 0 Å². The van der Waals surface area contributed by atoms with E-state index in [4.69, 9.17) is 4.74 Å². The van der Waals surface area contributed by atoms with Gasteiger partial charge in [0.05, 0.1) is 0 Å². The zero-order chi connectivity index (χ0) is 29.5. The maximum absolute atomic E-state index is 13.8. The topological polar surface area (TPSA) is 65.1 Å². The molecule has 0 aromatic heterocycles. The van der Waals surface area contributed by atoms with Gasteiger partial charge in [0.25, 0.3) is 0 Å². The first-order valence-electron chi connectivity index (χ1n) is 16.2. The minimum atomic E-state index is -0.703. The molecule has 7 nitrogen and oxygen atoms in total. The predicted molar refractivity (Wildman–Crippen MR) is 175 cm³/mol. The van der Waals surface area contributed by atoms with E-state index in [9.17, 15) is 9.59 Å². The number of ether oxygens (including phenoxy) is 1. The van der Waals surface area contributed by atoms with Crippen LogP contribution in [0.2, 0.25) is 0 Å². The van der Waals surface area contributed by atoms with E-state index in [0.717, 1.165) is 56.9 Å². The first-order valence-corrected chi connectivity index (χ1v) is 16.2.